The summed E-state index contributed by atoms with van der Waals surface area (Å²) in [4.78, 5) is 0. The Morgan fingerprint density at radius 3 is 2.71 bits per heavy atom. The van der Waals surface area contributed by atoms with Crippen molar-refractivity contribution >= 4 is 0 Å². The lowest BCUT2D eigenvalue weighted by molar-refractivity contribution is -0.0227. The van der Waals surface area contributed by atoms with Crippen LogP contribution in [0.4, 0.5) is 0 Å². The van der Waals surface area contributed by atoms with Crippen LogP contribution in [0.2, 0.25) is 0 Å². The molecule has 0 spiro atoms. The fourth-order valence-electron chi connectivity index (χ4n) is 2.06. The fraction of sp³-hybridized carbons (Fsp3) is 0.857. The second-order valence-electron chi connectivity index (χ2n) is 5.19. The van der Waals surface area contributed by atoms with Gasteiger partial charge in [0.1, 0.15) is 0 Å². The monoisotopic (exact) mass is 241 g/mol. The van der Waals surface area contributed by atoms with E-state index < -0.39 is 0 Å². The molecule has 0 bridgehead atoms. The van der Waals surface area contributed by atoms with Gasteiger partial charge in [-0.2, -0.15) is 0 Å². The van der Waals surface area contributed by atoms with E-state index in [4.69, 9.17) is 4.74 Å². The predicted molar refractivity (Wildman–Crippen MR) is 71.1 cm³/mol. The van der Waals surface area contributed by atoms with Crippen LogP contribution in [0, 0.1) is 0 Å². The van der Waals surface area contributed by atoms with E-state index in [2.05, 4.69) is 25.2 Å². The van der Waals surface area contributed by atoms with Gasteiger partial charge < -0.3 is 15.2 Å². The highest BCUT2D eigenvalue weighted by Gasteiger charge is 2.15. The summed E-state index contributed by atoms with van der Waals surface area (Å²) >= 11 is 0. The van der Waals surface area contributed by atoms with Crippen molar-refractivity contribution in [3.05, 3.63) is 11.6 Å². The number of rotatable bonds is 7. The van der Waals surface area contributed by atoms with Crippen molar-refractivity contribution in [1.82, 2.24) is 5.32 Å². The standard InChI is InChI=1S/C14H27NO2/c1-12(2)8-9-15-10-13(16)11-17-14-6-4-3-5-7-14/h8,13-16H,3-7,9-11H2,1-2H3. The second-order valence-corrected chi connectivity index (χ2v) is 5.19. The Bertz CT molecular complexity index is 218. The predicted octanol–water partition coefficient (Wildman–Crippen LogP) is 2.25. The van der Waals surface area contributed by atoms with Crippen LogP contribution < -0.4 is 5.32 Å². The average Bonchev–Trinajstić information content (AvgIpc) is 2.33. The van der Waals surface area contributed by atoms with Gasteiger partial charge in [-0.25, -0.2) is 0 Å². The van der Waals surface area contributed by atoms with Crippen molar-refractivity contribution in [2.75, 3.05) is 19.7 Å². The van der Waals surface area contributed by atoms with Crippen LogP contribution in [-0.2, 0) is 4.74 Å². The molecule has 100 valence electrons. The number of hydrogen-bond donors (Lipinski definition) is 2. The molecule has 0 saturated heterocycles. The van der Waals surface area contributed by atoms with Crippen LogP contribution in [0.25, 0.3) is 0 Å². The third-order valence-electron chi connectivity index (χ3n) is 3.11. The van der Waals surface area contributed by atoms with E-state index in [1.807, 2.05) is 0 Å². The fourth-order valence-corrected chi connectivity index (χ4v) is 2.06. The summed E-state index contributed by atoms with van der Waals surface area (Å²) in [6.45, 7) is 6.04. The maximum absolute atomic E-state index is 9.74. The summed E-state index contributed by atoms with van der Waals surface area (Å²) < 4.78 is 5.72. The highest BCUT2D eigenvalue weighted by Crippen LogP contribution is 2.20. The number of ether oxygens (including phenoxy) is 1. The number of aliphatic hydroxyl groups excluding tert-OH is 1. The molecule has 0 heterocycles. The minimum atomic E-state index is -0.387. The molecule has 1 rings (SSSR count). The van der Waals surface area contributed by atoms with E-state index in [0.29, 0.717) is 19.3 Å². The first-order valence-corrected chi connectivity index (χ1v) is 6.82. The Labute approximate surface area is 105 Å². The third-order valence-corrected chi connectivity index (χ3v) is 3.11. The zero-order valence-electron chi connectivity index (χ0n) is 11.2. The summed E-state index contributed by atoms with van der Waals surface area (Å²) in [7, 11) is 0. The van der Waals surface area contributed by atoms with E-state index in [9.17, 15) is 5.11 Å². The molecule has 2 N–H and O–H groups in total. The molecule has 1 aliphatic rings. The van der Waals surface area contributed by atoms with Crippen LogP contribution in [0.1, 0.15) is 46.0 Å². The lowest BCUT2D eigenvalue weighted by Gasteiger charge is -2.23. The van der Waals surface area contributed by atoms with E-state index in [0.717, 1.165) is 19.4 Å². The van der Waals surface area contributed by atoms with Gasteiger partial charge in [-0.05, 0) is 26.7 Å². The third kappa shape index (κ3) is 7.53. The minimum absolute atomic E-state index is 0.385. The molecule has 0 aromatic rings. The number of nitrogens with one attached hydrogen (secondary N) is 1. The zero-order chi connectivity index (χ0) is 12.5. The molecule has 1 unspecified atom stereocenters. The van der Waals surface area contributed by atoms with Crippen molar-refractivity contribution in [1.29, 1.82) is 0 Å². The van der Waals surface area contributed by atoms with E-state index >= 15 is 0 Å². The first kappa shape index (κ1) is 14.7. The van der Waals surface area contributed by atoms with Crippen molar-refractivity contribution in [2.45, 2.75) is 58.2 Å². The summed E-state index contributed by atoms with van der Waals surface area (Å²) in [5.74, 6) is 0. The molecule has 0 radical (unpaired) electrons. The topological polar surface area (TPSA) is 41.5 Å². The van der Waals surface area contributed by atoms with Gasteiger partial charge in [0.05, 0.1) is 18.8 Å². The molecule has 0 amide bonds. The largest absolute Gasteiger partial charge is 0.389 e. The Morgan fingerprint density at radius 2 is 2.06 bits per heavy atom. The molecule has 1 atom stereocenters. The molecule has 1 saturated carbocycles. The van der Waals surface area contributed by atoms with Crippen molar-refractivity contribution in [3.63, 3.8) is 0 Å². The molecule has 1 aliphatic carbocycles. The molecular formula is C14H27NO2. The Hall–Kier alpha value is -0.380. The molecule has 3 heteroatoms. The highest BCUT2D eigenvalue weighted by atomic mass is 16.5. The number of hydrogen-bond acceptors (Lipinski definition) is 3. The van der Waals surface area contributed by atoms with Gasteiger partial charge in [0.25, 0.3) is 0 Å². The lowest BCUT2D eigenvalue weighted by Crippen LogP contribution is -2.32. The van der Waals surface area contributed by atoms with Gasteiger partial charge >= 0.3 is 0 Å². The second kappa shape index (κ2) is 8.67. The van der Waals surface area contributed by atoms with E-state index in [1.54, 1.807) is 0 Å². The van der Waals surface area contributed by atoms with Crippen molar-refractivity contribution in [3.8, 4) is 0 Å². The highest BCUT2D eigenvalue weighted by molar-refractivity contribution is 4.94. The molecule has 0 aliphatic heterocycles. The first-order chi connectivity index (χ1) is 8.18. The van der Waals surface area contributed by atoms with Gasteiger partial charge in [-0.1, -0.05) is 30.9 Å². The summed E-state index contributed by atoms with van der Waals surface area (Å²) in [6, 6.07) is 0. The number of aliphatic hydroxyl groups is 1. The number of allylic oxidation sites excluding steroid dienone is 1. The zero-order valence-corrected chi connectivity index (χ0v) is 11.2. The molecule has 0 aromatic carbocycles. The molecule has 3 nitrogen and oxygen atoms in total. The van der Waals surface area contributed by atoms with Gasteiger partial charge in [0.15, 0.2) is 0 Å². The Balaban J connectivity index is 2.00. The van der Waals surface area contributed by atoms with E-state index in [1.165, 1.54) is 24.8 Å². The smallest absolute Gasteiger partial charge is 0.0897 e. The van der Waals surface area contributed by atoms with Gasteiger partial charge in [-0.3, -0.25) is 0 Å². The van der Waals surface area contributed by atoms with Crippen molar-refractivity contribution in [2.24, 2.45) is 0 Å². The summed E-state index contributed by atoms with van der Waals surface area (Å²) in [5, 5.41) is 12.9. The van der Waals surface area contributed by atoms with Crippen LogP contribution in [0.15, 0.2) is 11.6 Å². The average molecular weight is 241 g/mol. The van der Waals surface area contributed by atoms with Gasteiger partial charge in [0.2, 0.25) is 0 Å². The van der Waals surface area contributed by atoms with Crippen LogP contribution in [-0.4, -0.2) is 37.0 Å². The molecule has 0 aromatic heterocycles. The van der Waals surface area contributed by atoms with Crippen molar-refractivity contribution < 1.29 is 9.84 Å². The normalized spacial score (nSPS) is 19.0. The van der Waals surface area contributed by atoms with Crippen LogP contribution >= 0.6 is 0 Å². The SMILES string of the molecule is CC(C)=CCNCC(O)COC1CCCCC1. The van der Waals surface area contributed by atoms with Crippen LogP contribution in [0.3, 0.4) is 0 Å². The van der Waals surface area contributed by atoms with Gasteiger partial charge in [0, 0.05) is 13.1 Å². The molecular weight excluding hydrogens is 214 g/mol. The summed E-state index contributed by atoms with van der Waals surface area (Å²) in [5.41, 5.74) is 1.30. The Morgan fingerprint density at radius 1 is 1.35 bits per heavy atom. The summed E-state index contributed by atoms with van der Waals surface area (Å²) in [6.07, 6.45) is 8.34. The molecule has 1 fully saturated rings. The maximum Gasteiger partial charge on any atom is 0.0897 e. The molecule has 17 heavy (non-hydrogen) atoms. The first-order valence-electron chi connectivity index (χ1n) is 6.82. The maximum atomic E-state index is 9.74. The lowest BCUT2D eigenvalue weighted by atomic mass is 9.98. The minimum Gasteiger partial charge on any atom is -0.389 e. The van der Waals surface area contributed by atoms with Crippen LogP contribution in [0.5, 0.6) is 0 Å². The quantitative estimate of drug-likeness (QED) is 0.530. The van der Waals surface area contributed by atoms with E-state index in [-0.39, 0.29) is 6.10 Å². The Kier molecular flexibility index (Phi) is 7.49. The van der Waals surface area contributed by atoms with Gasteiger partial charge in [-0.15, -0.1) is 0 Å².